The molecule has 0 spiro atoms. The third-order valence-corrected chi connectivity index (χ3v) is 6.72. The molecule has 10 heteroatoms. The quantitative estimate of drug-likeness (QED) is 0.387. The van der Waals surface area contributed by atoms with E-state index in [0.717, 1.165) is 0 Å². The molecular formula is C21H24BClFNO5S. The van der Waals surface area contributed by atoms with E-state index in [0.29, 0.717) is 11.0 Å². The molecule has 1 aliphatic heterocycles. The van der Waals surface area contributed by atoms with E-state index < -0.39 is 41.1 Å². The van der Waals surface area contributed by atoms with Gasteiger partial charge in [-0.1, -0.05) is 17.7 Å². The third-order valence-electron chi connectivity index (χ3n) is 5.79. The molecule has 3 rings (SSSR count). The summed E-state index contributed by atoms with van der Waals surface area (Å²) >= 11 is 6.42. The van der Waals surface area contributed by atoms with Gasteiger partial charge in [-0.2, -0.15) is 0 Å². The van der Waals surface area contributed by atoms with Crippen molar-refractivity contribution in [2.45, 2.75) is 51.9 Å². The molecule has 6 nitrogen and oxygen atoms in total. The molecule has 0 bridgehead atoms. The highest BCUT2D eigenvalue weighted by Crippen LogP contribution is 2.37. The fourth-order valence-corrected chi connectivity index (χ4v) is 4.07. The van der Waals surface area contributed by atoms with Crippen LogP contribution >= 0.6 is 11.6 Å². The SMILES string of the molecule is CC(N[SH](=O)=O)c1cc(B2OC(C)(C)C(C)(C)O2)c(C(=O)c2ccc(F)cc2)cc1Cl. The minimum Gasteiger partial charge on any atom is -0.399 e. The normalized spacial score (nSPS) is 18.4. The Morgan fingerprint density at radius 1 is 1.10 bits per heavy atom. The first kappa shape index (κ1) is 23.9. The number of thiol groups is 1. The Morgan fingerprint density at radius 3 is 2.16 bits per heavy atom. The molecule has 1 fully saturated rings. The van der Waals surface area contributed by atoms with Crippen molar-refractivity contribution in [1.82, 2.24) is 4.72 Å². The summed E-state index contributed by atoms with van der Waals surface area (Å²) < 4.78 is 50.3. The maximum Gasteiger partial charge on any atom is 0.495 e. The summed E-state index contributed by atoms with van der Waals surface area (Å²) in [5.74, 6) is -0.837. The second kappa shape index (κ2) is 8.63. The van der Waals surface area contributed by atoms with Gasteiger partial charge in [-0.05, 0) is 76.0 Å². The molecular weight excluding hydrogens is 444 g/mol. The van der Waals surface area contributed by atoms with Crippen LogP contribution in [0.15, 0.2) is 36.4 Å². The van der Waals surface area contributed by atoms with Gasteiger partial charge >= 0.3 is 7.12 Å². The molecule has 1 saturated heterocycles. The number of halogens is 2. The van der Waals surface area contributed by atoms with Crippen LogP contribution in [-0.4, -0.2) is 32.5 Å². The van der Waals surface area contributed by atoms with Gasteiger partial charge in [0.05, 0.1) is 11.2 Å². The van der Waals surface area contributed by atoms with Gasteiger partial charge in [0, 0.05) is 22.2 Å². The van der Waals surface area contributed by atoms with Crippen molar-refractivity contribution in [3.05, 3.63) is 63.9 Å². The number of carbonyl (C=O) groups is 1. The van der Waals surface area contributed by atoms with Crippen molar-refractivity contribution in [3.8, 4) is 0 Å². The lowest BCUT2D eigenvalue weighted by Gasteiger charge is -2.32. The van der Waals surface area contributed by atoms with E-state index in [-0.39, 0.29) is 21.9 Å². The van der Waals surface area contributed by atoms with E-state index in [1.54, 1.807) is 13.0 Å². The summed E-state index contributed by atoms with van der Waals surface area (Å²) in [7, 11) is -3.74. The van der Waals surface area contributed by atoms with E-state index in [4.69, 9.17) is 20.9 Å². The zero-order valence-electron chi connectivity index (χ0n) is 17.9. The summed E-state index contributed by atoms with van der Waals surface area (Å²) in [6.45, 7) is 9.19. The molecule has 2 aromatic carbocycles. The zero-order chi connectivity index (χ0) is 23.1. The highest BCUT2D eigenvalue weighted by Gasteiger charge is 2.52. The Hall–Kier alpha value is -1.78. The fraction of sp³-hybridized carbons (Fsp3) is 0.381. The van der Waals surface area contributed by atoms with E-state index in [1.165, 1.54) is 30.3 Å². The smallest absolute Gasteiger partial charge is 0.399 e. The number of hydrogen-bond donors (Lipinski definition) is 2. The van der Waals surface area contributed by atoms with E-state index in [1.807, 2.05) is 27.7 Å². The second-order valence-corrected chi connectivity index (χ2v) is 9.67. The molecule has 0 saturated carbocycles. The standard InChI is InChI=1S/C21H24BClFNO5S/c1-12(25-31(27)28)15-10-17(22-29-20(2,3)21(4,5)30-22)16(11-18(15)23)19(26)13-6-8-14(24)9-7-13/h6-12,31H,1-5H3,(H,25,27,28). The maximum atomic E-state index is 13.3. The highest BCUT2D eigenvalue weighted by molar-refractivity contribution is 7.70. The fourth-order valence-electron chi connectivity index (χ4n) is 3.29. The van der Waals surface area contributed by atoms with Gasteiger partial charge in [0.25, 0.3) is 0 Å². The lowest BCUT2D eigenvalue weighted by molar-refractivity contribution is 0.00578. The average Bonchev–Trinajstić information content (AvgIpc) is 2.88. The summed E-state index contributed by atoms with van der Waals surface area (Å²) in [5.41, 5.74) is 0.0870. The summed E-state index contributed by atoms with van der Waals surface area (Å²) in [5, 5.41) is 0.211. The maximum absolute atomic E-state index is 13.3. The van der Waals surface area contributed by atoms with Gasteiger partial charge in [-0.15, -0.1) is 0 Å². The first-order chi connectivity index (χ1) is 14.3. The zero-order valence-corrected chi connectivity index (χ0v) is 19.5. The largest absolute Gasteiger partial charge is 0.495 e. The van der Waals surface area contributed by atoms with Crippen LogP contribution in [-0.2, 0) is 20.2 Å². The van der Waals surface area contributed by atoms with Gasteiger partial charge in [0.2, 0.25) is 10.9 Å². The Morgan fingerprint density at radius 2 is 1.65 bits per heavy atom. The van der Waals surface area contributed by atoms with Crippen LogP contribution in [0.3, 0.4) is 0 Å². The van der Waals surface area contributed by atoms with Crippen LogP contribution in [0.1, 0.15) is 62.1 Å². The third kappa shape index (κ3) is 4.86. The van der Waals surface area contributed by atoms with Crippen LogP contribution in [0.2, 0.25) is 5.02 Å². The molecule has 166 valence electrons. The summed E-state index contributed by atoms with van der Waals surface area (Å²) in [6.07, 6.45) is 0. The van der Waals surface area contributed by atoms with Gasteiger partial charge in [-0.3, -0.25) is 4.79 Å². The number of carbonyl (C=O) groups excluding carboxylic acids is 1. The van der Waals surface area contributed by atoms with Gasteiger partial charge in [-0.25, -0.2) is 17.5 Å². The van der Waals surface area contributed by atoms with E-state index >= 15 is 0 Å². The summed E-state index contributed by atoms with van der Waals surface area (Å²) in [6, 6.07) is 7.64. The van der Waals surface area contributed by atoms with Crippen LogP contribution in [0, 0.1) is 5.82 Å². The number of benzene rings is 2. The van der Waals surface area contributed by atoms with Crippen molar-refractivity contribution in [1.29, 1.82) is 0 Å². The lowest BCUT2D eigenvalue weighted by atomic mass is 9.73. The molecule has 1 N–H and O–H groups in total. The molecule has 1 heterocycles. The van der Waals surface area contributed by atoms with Crippen molar-refractivity contribution in [2.24, 2.45) is 0 Å². The van der Waals surface area contributed by atoms with Gasteiger partial charge < -0.3 is 9.31 Å². The predicted molar refractivity (Wildman–Crippen MR) is 119 cm³/mol. The highest BCUT2D eigenvalue weighted by atomic mass is 35.5. The first-order valence-corrected chi connectivity index (χ1v) is 11.3. The van der Waals surface area contributed by atoms with Gasteiger partial charge in [0.1, 0.15) is 5.82 Å². The number of ketones is 1. The van der Waals surface area contributed by atoms with Gasteiger partial charge in [0.15, 0.2) is 5.78 Å². The average molecular weight is 468 g/mol. The molecule has 1 atom stereocenters. The van der Waals surface area contributed by atoms with E-state index in [9.17, 15) is 17.6 Å². The van der Waals surface area contributed by atoms with Crippen LogP contribution < -0.4 is 10.2 Å². The Balaban J connectivity index is 2.14. The van der Waals surface area contributed by atoms with Crippen molar-refractivity contribution >= 4 is 40.9 Å². The first-order valence-electron chi connectivity index (χ1n) is 9.72. The Labute approximate surface area is 188 Å². The molecule has 1 aliphatic rings. The lowest BCUT2D eigenvalue weighted by Crippen LogP contribution is -2.41. The number of rotatable bonds is 6. The molecule has 0 radical (unpaired) electrons. The molecule has 2 aromatic rings. The summed E-state index contributed by atoms with van der Waals surface area (Å²) in [4.78, 5) is 13.3. The van der Waals surface area contributed by atoms with E-state index in [2.05, 4.69) is 4.72 Å². The Kier molecular flexibility index (Phi) is 6.65. The van der Waals surface area contributed by atoms with Crippen LogP contribution in [0.5, 0.6) is 0 Å². The van der Waals surface area contributed by atoms with Crippen molar-refractivity contribution in [3.63, 3.8) is 0 Å². The molecule has 0 aliphatic carbocycles. The topological polar surface area (TPSA) is 81.7 Å². The molecule has 0 aromatic heterocycles. The molecule has 31 heavy (non-hydrogen) atoms. The minimum absolute atomic E-state index is 0.211. The van der Waals surface area contributed by atoms with Crippen molar-refractivity contribution in [2.75, 3.05) is 0 Å². The molecule has 1 unspecified atom stereocenters. The van der Waals surface area contributed by atoms with Crippen LogP contribution in [0.25, 0.3) is 0 Å². The Bertz CT molecular complexity index is 1060. The number of hydrogen-bond acceptors (Lipinski definition) is 5. The van der Waals surface area contributed by atoms with Crippen molar-refractivity contribution < 1.29 is 26.9 Å². The predicted octanol–water partition coefficient (Wildman–Crippen LogP) is 3.19. The monoisotopic (exact) mass is 467 g/mol. The molecule has 0 amide bonds. The number of nitrogens with one attached hydrogen (secondary N) is 1. The minimum atomic E-state index is -2.86. The second-order valence-electron chi connectivity index (χ2n) is 8.49. The van der Waals surface area contributed by atoms with Crippen LogP contribution in [0.4, 0.5) is 4.39 Å².